The molecule has 0 aromatic carbocycles. The lowest BCUT2D eigenvalue weighted by Gasteiger charge is -2.35. The highest BCUT2D eigenvalue weighted by atomic mass is 16.5. The average Bonchev–Trinajstić information content (AvgIpc) is 3.07. The molecule has 1 aliphatic heterocycles. The first-order valence-electron chi connectivity index (χ1n) is 7.02. The quantitative estimate of drug-likeness (QED) is 0.761. The normalized spacial score (nSPS) is 16.1. The molecule has 1 saturated heterocycles. The molecule has 0 amide bonds. The first-order chi connectivity index (χ1) is 10.3. The SMILES string of the molecule is COc1cncc(N2CCN(CCn3cnnn3)CC2)c1. The van der Waals surface area contributed by atoms with Gasteiger partial charge < -0.3 is 9.64 Å². The summed E-state index contributed by atoms with van der Waals surface area (Å²) in [6.07, 6.45) is 5.27. The predicted octanol–water partition coefficient (Wildman–Crippen LogP) is -0.101. The van der Waals surface area contributed by atoms with Gasteiger partial charge in [-0.3, -0.25) is 9.88 Å². The van der Waals surface area contributed by atoms with Gasteiger partial charge in [-0.05, 0) is 10.4 Å². The first-order valence-corrected chi connectivity index (χ1v) is 7.02. The zero-order valence-electron chi connectivity index (χ0n) is 12.1. The second kappa shape index (κ2) is 6.49. The molecular weight excluding hydrogens is 270 g/mol. The Labute approximate surface area is 123 Å². The van der Waals surface area contributed by atoms with Crippen molar-refractivity contribution in [1.29, 1.82) is 0 Å². The van der Waals surface area contributed by atoms with Crippen LogP contribution in [0.25, 0.3) is 0 Å². The lowest BCUT2D eigenvalue weighted by atomic mass is 10.2. The van der Waals surface area contributed by atoms with E-state index >= 15 is 0 Å². The van der Waals surface area contributed by atoms with E-state index in [0.29, 0.717) is 0 Å². The zero-order chi connectivity index (χ0) is 14.5. The molecule has 0 aliphatic carbocycles. The van der Waals surface area contributed by atoms with Gasteiger partial charge in [-0.25, -0.2) is 4.68 Å². The number of tetrazole rings is 1. The summed E-state index contributed by atoms with van der Waals surface area (Å²) in [4.78, 5) is 8.97. The van der Waals surface area contributed by atoms with Gasteiger partial charge in [0.25, 0.3) is 0 Å². The Morgan fingerprint density at radius 3 is 2.71 bits per heavy atom. The fourth-order valence-corrected chi connectivity index (χ4v) is 2.45. The van der Waals surface area contributed by atoms with Crippen molar-refractivity contribution in [2.45, 2.75) is 6.54 Å². The van der Waals surface area contributed by atoms with Crippen molar-refractivity contribution >= 4 is 5.69 Å². The molecule has 3 rings (SSSR count). The highest BCUT2D eigenvalue weighted by Gasteiger charge is 2.17. The molecule has 8 nitrogen and oxygen atoms in total. The Morgan fingerprint density at radius 2 is 2.00 bits per heavy atom. The fourth-order valence-electron chi connectivity index (χ4n) is 2.45. The summed E-state index contributed by atoms with van der Waals surface area (Å²) in [5.74, 6) is 0.800. The monoisotopic (exact) mass is 289 g/mol. The Kier molecular flexibility index (Phi) is 4.25. The summed E-state index contributed by atoms with van der Waals surface area (Å²) < 4.78 is 6.99. The number of aromatic nitrogens is 5. The summed E-state index contributed by atoms with van der Waals surface area (Å²) in [5.41, 5.74) is 1.12. The van der Waals surface area contributed by atoms with Crippen molar-refractivity contribution in [3.8, 4) is 5.75 Å². The maximum absolute atomic E-state index is 5.23. The number of hydrogen-bond acceptors (Lipinski definition) is 7. The van der Waals surface area contributed by atoms with Crippen LogP contribution in [0.3, 0.4) is 0 Å². The standard InChI is InChI=1S/C13H19N7O/c1-21-13-8-12(9-14-10-13)19-5-2-18(3-6-19)4-7-20-11-15-16-17-20/h8-11H,2-7H2,1H3. The summed E-state index contributed by atoms with van der Waals surface area (Å²) in [7, 11) is 1.66. The van der Waals surface area contributed by atoms with Crippen LogP contribution in [0.2, 0.25) is 0 Å². The molecule has 3 heterocycles. The molecule has 0 bridgehead atoms. The fraction of sp³-hybridized carbons (Fsp3) is 0.538. The Hall–Kier alpha value is -2.22. The molecule has 0 spiro atoms. The van der Waals surface area contributed by atoms with E-state index < -0.39 is 0 Å². The van der Waals surface area contributed by atoms with Gasteiger partial charge in [-0.1, -0.05) is 0 Å². The lowest BCUT2D eigenvalue weighted by molar-refractivity contribution is 0.243. The number of pyridine rings is 1. The molecule has 21 heavy (non-hydrogen) atoms. The summed E-state index contributed by atoms with van der Waals surface area (Å²) in [6, 6.07) is 2.03. The average molecular weight is 289 g/mol. The maximum Gasteiger partial charge on any atom is 0.139 e. The predicted molar refractivity (Wildman–Crippen MR) is 77.3 cm³/mol. The van der Waals surface area contributed by atoms with Gasteiger partial charge in [-0.2, -0.15) is 0 Å². The number of ether oxygens (including phenoxy) is 1. The van der Waals surface area contributed by atoms with E-state index in [1.165, 1.54) is 0 Å². The van der Waals surface area contributed by atoms with E-state index in [9.17, 15) is 0 Å². The number of anilines is 1. The molecule has 0 saturated carbocycles. The first kappa shape index (κ1) is 13.7. The number of methoxy groups -OCH3 is 1. The Bertz CT molecular complexity index is 551. The van der Waals surface area contributed by atoms with Crippen LogP contribution in [0.5, 0.6) is 5.75 Å². The Balaban J connectivity index is 1.50. The van der Waals surface area contributed by atoms with Gasteiger partial charge in [0.1, 0.15) is 12.1 Å². The summed E-state index contributed by atoms with van der Waals surface area (Å²) >= 11 is 0. The maximum atomic E-state index is 5.23. The highest BCUT2D eigenvalue weighted by Crippen LogP contribution is 2.20. The number of piperazine rings is 1. The number of nitrogens with zero attached hydrogens (tertiary/aromatic N) is 7. The topological polar surface area (TPSA) is 72.2 Å². The minimum atomic E-state index is 0.800. The van der Waals surface area contributed by atoms with E-state index in [1.54, 1.807) is 24.3 Å². The van der Waals surface area contributed by atoms with Crippen molar-refractivity contribution in [1.82, 2.24) is 30.1 Å². The van der Waals surface area contributed by atoms with Crippen LogP contribution in [0.1, 0.15) is 0 Å². The Morgan fingerprint density at radius 1 is 1.14 bits per heavy atom. The van der Waals surface area contributed by atoms with Crippen molar-refractivity contribution in [2.24, 2.45) is 0 Å². The van der Waals surface area contributed by atoms with E-state index in [1.807, 2.05) is 12.3 Å². The van der Waals surface area contributed by atoms with Crippen LogP contribution in [-0.2, 0) is 6.54 Å². The lowest BCUT2D eigenvalue weighted by Crippen LogP contribution is -2.47. The van der Waals surface area contributed by atoms with E-state index in [2.05, 4.69) is 30.3 Å². The molecule has 0 atom stereocenters. The third-order valence-corrected chi connectivity index (χ3v) is 3.71. The molecular formula is C13H19N7O. The molecule has 0 radical (unpaired) electrons. The number of rotatable bonds is 5. The second-order valence-electron chi connectivity index (χ2n) is 4.98. The van der Waals surface area contributed by atoms with Gasteiger partial charge in [0.05, 0.1) is 31.7 Å². The van der Waals surface area contributed by atoms with E-state index in [4.69, 9.17) is 4.74 Å². The third-order valence-electron chi connectivity index (χ3n) is 3.71. The third kappa shape index (κ3) is 3.46. The molecule has 8 heteroatoms. The largest absolute Gasteiger partial charge is 0.495 e. The van der Waals surface area contributed by atoms with Gasteiger partial charge in [0, 0.05) is 38.8 Å². The second-order valence-corrected chi connectivity index (χ2v) is 4.98. The van der Waals surface area contributed by atoms with Gasteiger partial charge in [0.15, 0.2) is 0 Å². The summed E-state index contributed by atoms with van der Waals surface area (Å²) in [6.45, 7) is 5.83. The molecule has 1 fully saturated rings. The van der Waals surface area contributed by atoms with E-state index in [0.717, 1.165) is 50.7 Å². The minimum Gasteiger partial charge on any atom is -0.495 e. The van der Waals surface area contributed by atoms with Crippen LogP contribution >= 0.6 is 0 Å². The molecule has 112 valence electrons. The van der Waals surface area contributed by atoms with Gasteiger partial charge in [0.2, 0.25) is 0 Å². The van der Waals surface area contributed by atoms with Crippen LogP contribution in [-0.4, -0.2) is 69.9 Å². The van der Waals surface area contributed by atoms with E-state index in [-0.39, 0.29) is 0 Å². The van der Waals surface area contributed by atoms with Crippen molar-refractivity contribution in [3.63, 3.8) is 0 Å². The minimum absolute atomic E-state index is 0.800. The van der Waals surface area contributed by atoms with Crippen molar-refractivity contribution in [3.05, 3.63) is 24.8 Å². The summed E-state index contributed by atoms with van der Waals surface area (Å²) in [5, 5.41) is 11.2. The van der Waals surface area contributed by atoms with Crippen LogP contribution in [0, 0.1) is 0 Å². The molecule has 2 aromatic heterocycles. The zero-order valence-corrected chi connectivity index (χ0v) is 12.1. The van der Waals surface area contributed by atoms with Crippen LogP contribution in [0.15, 0.2) is 24.8 Å². The molecule has 2 aromatic rings. The number of hydrogen-bond donors (Lipinski definition) is 0. The van der Waals surface area contributed by atoms with Gasteiger partial charge in [-0.15, -0.1) is 5.10 Å². The van der Waals surface area contributed by atoms with Crippen molar-refractivity contribution < 1.29 is 4.74 Å². The molecule has 0 unspecified atom stereocenters. The van der Waals surface area contributed by atoms with Gasteiger partial charge >= 0.3 is 0 Å². The molecule has 0 N–H and O–H groups in total. The van der Waals surface area contributed by atoms with Crippen LogP contribution < -0.4 is 9.64 Å². The van der Waals surface area contributed by atoms with Crippen LogP contribution in [0.4, 0.5) is 5.69 Å². The molecule has 1 aliphatic rings. The highest BCUT2D eigenvalue weighted by molar-refractivity contribution is 5.48. The van der Waals surface area contributed by atoms with Crippen molar-refractivity contribution in [2.75, 3.05) is 44.7 Å². The smallest absolute Gasteiger partial charge is 0.139 e.